The number of fused-ring (bicyclic) bond motifs is 1. The quantitative estimate of drug-likeness (QED) is 0.703. The monoisotopic (exact) mass is 208 g/mol. The van der Waals surface area contributed by atoms with Gasteiger partial charge in [-0.2, -0.15) is 0 Å². The summed E-state index contributed by atoms with van der Waals surface area (Å²) in [6.45, 7) is 6.07. The highest BCUT2D eigenvalue weighted by atomic mass is 15.2. The maximum Gasteiger partial charge on any atom is 0.125 e. The van der Waals surface area contributed by atoms with E-state index in [9.17, 15) is 0 Å². The molecule has 1 aromatic rings. The Morgan fingerprint density at radius 2 is 1.67 bits per heavy atom. The highest BCUT2D eigenvalue weighted by Crippen LogP contribution is 2.31. The second-order valence-corrected chi connectivity index (χ2v) is 3.44. The summed E-state index contributed by atoms with van der Waals surface area (Å²) >= 11 is 0. The van der Waals surface area contributed by atoms with Crippen LogP contribution in [0.15, 0.2) is 12.3 Å². The number of aromatic nitrogens is 1. The third-order valence-corrected chi connectivity index (χ3v) is 2.48. The average molecular weight is 208 g/mol. The minimum atomic E-state index is 0.584. The van der Waals surface area contributed by atoms with Gasteiger partial charge < -0.3 is 15.5 Å². The lowest BCUT2D eigenvalue weighted by atomic mass is 10.2. The van der Waals surface area contributed by atoms with E-state index < -0.39 is 0 Å². The lowest BCUT2D eigenvalue weighted by Crippen LogP contribution is -2.36. The van der Waals surface area contributed by atoms with Crippen molar-refractivity contribution in [2.24, 2.45) is 0 Å². The number of hydrogen-bond donors (Lipinski definition) is 1. The van der Waals surface area contributed by atoms with E-state index in [1.165, 1.54) is 5.69 Å². The number of hydrogen-bond acceptors (Lipinski definition) is 4. The van der Waals surface area contributed by atoms with Gasteiger partial charge in [0, 0.05) is 33.3 Å². The van der Waals surface area contributed by atoms with Crippen LogP contribution in [0.5, 0.6) is 0 Å². The first-order valence-corrected chi connectivity index (χ1v) is 5.36. The normalized spacial score (nSPS) is 14.1. The van der Waals surface area contributed by atoms with Gasteiger partial charge in [-0.25, -0.2) is 4.98 Å². The molecule has 0 atom stereocenters. The van der Waals surface area contributed by atoms with Crippen LogP contribution in [0, 0.1) is 0 Å². The maximum atomic E-state index is 5.63. The molecule has 1 aromatic heterocycles. The molecule has 0 bridgehead atoms. The Kier molecular flexibility index (Phi) is 3.77. The summed E-state index contributed by atoms with van der Waals surface area (Å²) in [6.07, 6.45) is 1.83. The molecule has 0 unspecified atom stereocenters. The Morgan fingerprint density at radius 1 is 1.13 bits per heavy atom. The molecule has 0 aromatic carbocycles. The highest BCUT2D eigenvalue weighted by molar-refractivity contribution is 5.74. The molecule has 0 saturated carbocycles. The number of nitrogen functional groups attached to an aromatic ring is 1. The topological polar surface area (TPSA) is 45.4 Å². The average Bonchev–Trinajstić information content (AvgIpc) is 2.27. The van der Waals surface area contributed by atoms with Gasteiger partial charge in [-0.1, -0.05) is 13.8 Å². The van der Waals surface area contributed by atoms with Gasteiger partial charge in [-0.15, -0.1) is 0 Å². The van der Waals surface area contributed by atoms with Crippen LogP contribution in [0.25, 0.3) is 0 Å². The number of nitrogens with two attached hydrogens (primary N) is 1. The molecule has 4 nitrogen and oxygen atoms in total. The molecule has 2 N–H and O–H groups in total. The highest BCUT2D eigenvalue weighted by Gasteiger charge is 2.17. The summed E-state index contributed by atoms with van der Waals surface area (Å²) in [6, 6.07) is 1.92. The fourth-order valence-corrected chi connectivity index (χ4v) is 1.59. The molecule has 0 saturated heterocycles. The third kappa shape index (κ3) is 2.32. The van der Waals surface area contributed by atoms with Gasteiger partial charge in [0.15, 0.2) is 0 Å². The molecular formula is C11H20N4. The molecule has 0 aliphatic carbocycles. The molecule has 1 aliphatic rings. The van der Waals surface area contributed by atoms with E-state index in [1.807, 2.05) is 26.1 Å². The summed E-state index contributed by atoms with van der Waals surface area (Å²) in [5.41, 5.74) is 7.96. The third-order valence-electron chi connectivity index (χ3n) is 2.48. The minimum absolute atomic E-state index is 0.584. The molecule has 1 aliphatic heterocycles. The Bertz CT molecular complexity index is 324. The number of pyridine rings is 1. The van der Waals surface area contributed by atoms with E-state index in [0.29, 0.717) is 5.82 Å². The Morgan fingerprint density at radius 3 is 2.27 bits per heavy atom. The number of anilines is 3. The van der Waals surface area contributed by atoms with Crippen molar-refractivity contribution >= 4 is 17.2 Å². The summed E-state index contributed by atoms with van der Waals surface area (Å²) in [5, 5.41) is 0. The summed E-state index contributed by atoms with van der Waals surface area (Å²) in [5.74, 6) is 0.584. The fraction of sp³-hybridized carbons (Fsp3) is 0.545. The van der Waals surface area contributed by atoms with Gasteiger partial charge in [0.1, 0.15) is 5.82 Å². The standard InChI is InChI=1S/C9H14N4.C2H6/c1-12-3-4-13(2)8-6-11-9(10)5-7(8)12;1-2/h5-6H,3-4H2,1-2H3,(H2,10,11);1-2H3. The van der Waals surface area contributed by atoms with Crippen molar-refractivity contribution in [3.8, 4) is 0 Å². The van der Waals surface area contributed by atoms with Crippen molar-refractivity contribution in [3.63, 3.8) is 0 Å². The Labute approximate surface area is 91.7 Å². The van der Waals surface area contributed by atoms with Crippen LogP contribution < -0.4 is 15.5 Å². The zero-order chi connectivity index (χ0) is 11.4. The van der Waals surface area contributed by atoms with Gasteiger partial charge in [-0.3, -0.25) is 0 Å². The second-order valence-electron chi connectivity index (χ2n) is 3.44. The van der Waals surface area contributed by atoms with Gasteiger partial charge >= 0.3 is 0 Å². The van der Waals surface area contributed by atoms with Crippen LogP contribution >= 0.6 is 0 Å². The predicted octanol–water partition coefficient (Wildman–Crippen LogP) is 1.58. The number of likely N-dealkylation sites (N-methyl/N-ethyl adjacent to an activating group) is 2. The van der Waals surface area contributed by atoms with Crippen LogP contribution in [0.1, 0.15) is 13.8 Å². The van der Waals surface area contributed by atoms with E-state index in [0.717, 1.165) is 18.8 Å². The number of nitrogens with zero attached hydrogens (tertiary/aromatic N) is 3. The lowest BCUT2D eigenvalue weighted by Gasteiger charge is -2.34. The molecule has 4 heteroatoms. The van der Waals surface area contributed by atoms with Crippen LogP contribution in [-0.4, -0.2) is 32.2 Å². The van der Waals surface area contributed by atoms with Gasteiger partial charge in [0.05, 0.1) is 17.6 Å². The predicted molar refractivity (Wildman–Crippen MR) is 66.5 cm³/mol. The molecular weight excluding hydrogens is 188 g/mol. The first-order chi connectivity index (χ1) is 7.18. The van der Waals surface area contributed by atoms with Crippen LogP contribution in [0.2, 0.25) is 0 Å². The van der Waals surface area contributed by atoms with Crippen LogP contribution in [0.4, 0.5) is 17.2 Å². The van der Waals surface area contributed by atoms with Crippen molar-refractivity contribution in [1.82, 2.24) is 4.98 Å². The lowest BCUT2D eigenvalue weighted by molar-refractivity contribution is 0.795. The molecule has 2 heterocycles. The van der Waals surface area contributed by atoms with E-state index in [4.69, 9.17) is 5.73 Å². The van der Waals surface area contributed by atoms with Crippen molar-refractivity contribution in [3.05, 3.63) is 12.3 Å². The van der Waals surface area contributed by atoms with Crippen molar-refractivity contribution in [1.29, 1.82) is 0 Å². The largest absolute Gasteiger partial charge is 0.384 e. The molecule has 0 fully saturated rings. The molecule has 0 spiro atoms. The van der Waals surface area contributed by atoms with Crippen LogP contribution in [-0.2, 0) is 0 Å². The van der Waals surface area contributed by atoms with Gasteiger partial charge in [-0.05, 0) is 0 Å². The van der Waals surface area contributed by atoms with E-state index in [-0.39, 0.29) is 0 Å². The first kappa shape index (κ1) is 11.6. The Balaban J connectivity index is 0.000000531. The SMILES string of the molecule is CC.CN1CCN(C)c2cc(N)ncc21. The second kappa shape index (κ2) is 4.87. The smallest absolute Gasteiger partial charge is 0.125 e. The summed E-state index contributed by atoms with van der Waals surface area (Å²) < 4.78 is 0. The van der Waals surface area contributed by atoms with Crippen molar-refractivity contribution in [2.75, 3.05) is 42.7 Å². The minimum Gasteiger partial charge on any atom is -0.384 e. The molecule has 2 rings (SSSR count). The van der Waals surface area contributed by atoms with Crippen LogP contribution in [0.3, 0.4) is 0 Å². The summed E-state index contributed by atoms with van der Waals surface area (Å²) in [7, 11) is 4.15. The van der Waals surface area contributed by atoms with Crippen molar-refractivity contribution < 1.29 is 0 Å². The maximum absolute atomic E-state index is 5.63. The molecule has 0 amide bonds. The molecule has 0 radical (unpaired) electrons. The summed E-state index contributed by atoms with van der Waals surface area (Å²) in [4.78, 5) is 8.48. The van der Waals surface area contributed by atoms with Crippen molar-refractivity contribution in [2.45, 2.75) is 13.8 Å². The number of rotatable bonds is 0. The molecule has 84 valence electrons. The van der Waals surface area contributed by atoms with E-state index in [1.54, 1.807) is 0 Å². The van der Waals surface area contributed by atoms with Gasteiger partial charge in [0.25, 0.3) is 0 Å². The van der Waals surface area contributed by atoms with E-state index >= 15 is 0 Å². The first-order valence-electron chi connectivity index (χ1n) is 5.36. The fourth-order valence-electron chi connectivity index (χ4n) is 1.59. The van der Waals surface area contributed by atoms with E-state index in [2.05, 4.69) is 28.9 Å². The zero-order valence-electron chi connectivity index (χ0n) is 9.99. The van der Waals surface area contributed by atoms with Gasteiger partial charge in [0.2, 0.25) is 0 Å². The molecule has 15 heavy (non-hydrogen) atoms. The Hall–Kier alpha value is -1.45. The zero-order valence-corrected chi connectivity index (χ0v) is 9.99.